The summed E-state index contributed by atoms with van der Waals surface area (Å²) in [7, 11) is 1.97. The molecule has 1 N–H and O–H groups in total. The minimum absolute atomic E-state index is 0. The molecule has 136 valence electrons. The average molecular weight is 394 g/mol. The molecular formula is C18H17Cl2N3O3. The number of halogens is 2. The summed E-state index contributed by atoms with van der Waals surface area (Å²) < 4.78 is 3.84. The summed E-state index contributed by atoms with van der Waals surface area (Å²) in [4.78, 5) is 10.4. The first-order valence-corrected chi connectivity index (χ1v) is 7.44. The number of aromatic nitrogens is 2. The summed E-state index contributed by atoms with van der Waals surface area (Å²) in [5.74, 6) is 0.0488. The zero-order valence-electron chi connectivity index (χ0n) is 13.9. The van der Waals surface area contributed by atoms with Crippen molar-refractivity contribution in [2.24, 2.45) is 7.05 Å². The van der Waals surface area contributed by atoms with Crippen molar-refractivity contribution in [1.29, 1.82) is 0 Å². The zero-order valence-corrected chi connectivity index (χ0v) is 15.4. The summed E-state index contributed by atoms with van der Waals surface area (Å²) in [6.45, 7) is 0.359. The fraction of sp³-hybridized carbons (Fsp3) is 0.111. The fourth-order valence-electron chi connectivity index (χ4n) is 2.46. The van der Waals surface area contributed by atoms with E-state index in [9.17, 15) is 15.2 Å². The van der Waals surface area contributed by atoms with Crippen LogP contribution in [0.3, 0.4) is 0 Å². The third kappa shape index (κ3) is 4.91. The maximum absolute atomic E-state index is 10.9. The molecule has 0 fully saturated rings. The molecule has 3 rings (SSSR count). The van der Waals surface area contributed by atoms with Crippen molar-refractivity contribution in [3.63, 3.8) is 0 Å². The van der Waals surface area contributed by atoms with Crippen LogP contribution >= 0.6 is 0 Å². The fourth-order valence-corrected chi connectivity index (χ4v) is 2.46. The van der Waals surface area contributed by atoms with Gasteiger partial charge in [-0.15, -0.1) is 0 Å². The van der Waals surface area contributed by atoms with Crippen LogP contribution in [-0.2, 0) is 13.6 Å². The highest BCUT2D eigenvalue weighted by Crippen LogP contribution is 2.23. The Morgan fingerprint density at radius 1 is 0.962 bits per heavy atom. The Labute approximate surface area is 163 Å². The largest absolute Gasteiger partial charge is 1.00 e. The Morgan fingerprint density at radius 3 is 2.04 bits per heavy atom. The Bertz CT molecular complexity index is 885. The standard InChI is InChI=1S/C18H16N3O3.2ClH/c1-19-8-4-14(5-9-19)15-6-10-20(11-7-15)13-16-12-17(21(23)24)2-3-18(16)22;;/h2-12H,13H2,1H3;2*1H/q+1;;/p-1. The van der Waals surface area contributed by atoms with E-state index in [0.717, 1.165) is 11.1 Å². The molecular weight excluding hydrogens is 377 g/mol. The number of benzene rings is 1. The van der Waals surface area contributed by atoms with Gasteiger partial charge in [0.2, 0.25) is 0 Å². The first kappa shape index (κ1) is 21.3. The van der Waals surface area contributed by atoms with Gasteiger partial charge in [-0.3, -0.25) is 10.1 Å². The molecule has 1 aromatic carbocycles. The number of non-ortho nitro benzene ring substituents is 1. The van der Waals surface area contributed by atoms with Crippen molar-refractivity contribution in [1.82, 2.24) is 0 Å². The Morgan fingerprint density at radius 2 is 1.50 bits per heavy atom. The van der Waals surface area contributed by atoms with E-state index >= 15 is 0 Å². The number of phenols is 1. The number of rotatable bonds is 4. The summed E-state index contributed by atoms with van der Waals surface area (Å²) in [5.41, 5.74) is 2.67. The number of aromatic hydroxyl groups is 1. The van der Waals surface area contributed by atoms with E-state index in [2.05, 4.69) is 0 Å². The molecule has 0 spiro atoms. The highest BCUT2D eigenvalue weighted by atomic mass is 35.5. The van der Waals surface area contributed by atoms with Crippen LogP contribution < -0.4 is 33.9 Å². The second kappa shape index (κ2) is 9.12. The lowest BCUT2D eigenvalue weighted by Gasteiger charge is -2.03. The van der Waals surface area contributed by atoms with Crippen molar-refractivity contribution in [3.05, 3.63) is 82.9 Å². The number of nitrogens with zero attached hydrogens (tertiary/aromatic N) is 3. The number of hydrogen-bond acceptors (Lipinski definition) is 3. The zero-order chi connectivity index (χ0) is 17.1. The molecule has 0 bridgehead atoms. The number of aryl methyl sites for hydroxylation is 1. The number of nitro benzene ring substituents is 1. The molecule has 6 nitrogen and oxygen atoms in total. The van der Waals surface area contributed by atoms with Crippen molar-refractivity contribution >= 4 is 5.69 Å². The van der Waals surface area contributed by atoms with Crippen LogP contribution in [0.2, 0.25) is 0 Å². The maximum Gasteiger partial charge on any atom is 0.270 e. The van der Waals surface area contributed by atoms with Gasteiger partial charge in [-0.2, -0.15) is 0 Å². The molecule has 0 aliphatic heterocycles. The summed E-state index contributed by atoms with van der Waals surface area (Å²) in [5, 5.41) is 20.8. The van der Waals surface area contributed by atoms with Crippen LogP contribution in [0.15, 0.2) is 67.3 Å². The average Bonchev–Trinajstić information content (AvgIpc) is 2.58. The molecule has 0 radical (unpaired) electrons. The van der Waals surface area contributed by atoms with Gasteiger partial charge in [-0.05, 0) is 17.2 Å². The van der Waals surface area contributed by atoms with Crippen LogP contribution in [0.5, 0.6) is 5.75 Å². The van der Waals surface area contributed by atoms with Gasteiger partial charge in [-0.1, -0.05) is 0 Å². The molecule has 2 heterocycles. The first-order valence-electron chi connectivity index (χ1n) is 7.44. The third-order valence-electron chi connectivity index (χ3n) is 3.83. The molecule has 0 unspecified atom stereocenters. The monoisotopic (exact) mass is 393 g/mol. The van der Waals surface area contributed by atoms with E-state index in [1.807, 2.05) is 65.2 Å². The predicted molar refractivity (Wildman–Crippen MR) is 87.1 cm³/mol. The van der Waals surface area contributed by atoms with E-state index < -0.39 is 4.92 Å². The summed E-state index contributed by atoms with van der Waals surface area (Å²) in [6.07, 6.45) is 7.75. The highest BCUT2D eigenvalue weighted by Gasteiger charge is 2.14. The topological polar surface area (TPSA) is 71.1 Å². The number of phenolic OH excluding ortho intramolecular Hbond substituents is 1. The molecule has 26 heavy (non-hydrogen) atoms. The Balaban J connectivity index is 0.00000169. The van der Waals surface area contributed by atoms with Gasteiger partial charge in [0.15, 0.2) is 31.3 Å². The van der Waals surface area contributed by atoms with E-state index in [1.165, 1.54) is 18.2 Å². The van der Waals surface area contributed by atoms with E-state index in [1.54, 1.807) is 0 Å². The smallest absolute Gasteiger partial charge is 0.270 e. The maximum atomic E-state index is 10.9. The van der Waals surface area contributed by atoms with Gasteiger partial charge in [0.25, 0.3) is 5.69 Å². The second-order valence-electron chi connectivity index (χ2n) is 5.58. The van der Waals surface area contributed by atoms with Gasteiger partial charge in [0, 0.05) is 36.4 Å². The molecule has 2 aromatic heterocycles. The SMILES string of the molecule is C[n+]1ccc(-c2cc[n+](Cc3cc([N+](=O)[O-])ccc3O)cc2)cc1.[Cl-].[Cl-]. The van der Waals surface area contributed by atoms with Crippen LogP contribution in [0.1, 0.15) is 5.56 Å². The van der Waals surface area contributed by atoms with Crippen molar-refractivity contribution < 1.29 is 44.0 Å². The molecule has 3 aromatic rings. The van der Waals surface area contributed by atoms with Gasteiger partial charge in [-0.25, -0.2) is 9.13 Å². The van der Waals surface area contributed by atoms with Crippen LogP contribution in [0, 0.1) is 10.1 Å². The van der Waals surface area contributed by atoms with Crippen LogP contribution in [0.4, 0.5) is 5.69 Å². The Hall–Kier alpha value is -2.70. The van der Waals surface area contributed by atoms with Gasteiger partial charge >= 0.3 is 0 Å². The van der Waals surface area contributed by atoms with Crippen molar-refractivity contribution in [3.8, 4) is 16.9 Å². The molecule has 0 aliphatic carbocycles. The second-order valence-corrected chi connectivity index (χ2v) is 5.58. The minimum Gasteiger partial charge on any atom is -1.00 e. The number of pyridine rings is 2. The van der Waals surface area contributed by atoms with E-state index in [4.69, 9.17) is 0 Å². The minimum atomic E-state index is -0.466. The molecule has 0 aliphatic rings. The third-order valence-corrected chi connectivity index (χ3v) is 3.83. The molecule has 0 amide bonds. The number of hydrogen-bond donors (Lipinski definition) is 1. The number of nitro groups is 1. The first-order chi connectivity index (χ1) is 11.5. The molecule has 0 saturated carbocycles. The van der Waals surface area contributed by atoms with Gasteiger partial charge in [0.05, 0.1) is 10.5 Å². The molecule has 0 atom stereocenters. The van der Waals surface area contributed by atoms with Gasteiger partial charge < -0.3 is 29.9 Å². The lowest BCUT2D eigenvalue weighted by molar-refractivity contribution is -0.688. The quantitative estimate of drug-likeness (QED) is 0.280. The van der Waals surface area contributed by atoms with Crippen molar-refractivity contribution in [2.75, 3.05) is 0 Å². The summed E-state index contributed by atoms with van der Waals surface area (Å²) in [6, 6.07) is 12.1. The van der Waals surface area contributed by atoms with E-state index in [0.29, 0.717) is 12.1 Å². The van der Waals surface area contributed by atoms with Crippen molar-refractivity contribution in [2.45, 2.75) is 6.54 Å². The normalized spacial score (nSPS) is 9.73. The lowest BCUT2D eigenvalue weighted by Crippen LogP contribution is -3.00. The lowest BCUT2D eigenvalue weighted by atomic mass is 10.1. The predicted octanol–water partition coefficient (Wildman–Crippen LogP) is -3.86. The Kier molecular flexibility index (Phi) is 7.49. The molecule has 0 saturated heterocycles. The van der Waals surface area contributed by atoms with E-state index in [-0.39, 0.29) is 36.3 Å². The van der Waals surface area contributed by atoms with Crippen LogP contribution in [-0.4, -0.2) is 10.0 Å². The molecule has 8 heteroatoms. The van der Waals surface area contributed by atoms with Gasteiger partial charge in [0.1, 0.15) is 12.8 Å². The van der Waals surface area contributed by atoms with Crippen LogP contribution in [0.25, 0.3) is 11.1 Å². The highest BCUT2D eigenvalue weighted by molar-refractivity contribution is 5.60. The summed E-state index contributed by atoms with van der Waals surface area (Å²) >= 11 is 0.